The van der Waals surface area contributed by atoms with Crippen LogP contribution in [-0.4, -0.2) is 29.6 Å². The molecule has 3 atom stereocenters. The van der Waals surface area contributed by atoms with Gasteiger partial charge in [0, 0.05) is 5.92 Å². The molecule has 1 aromatic rings. The van der Waals surface area contributed by atoms with Crippen LogP contribution >= 0.6 is 0 Å². The average Bonchev–Trinajstić information content (AvgIpc) is 3.02. The van der Waals surface area contributed by atoms with E-state index in [-0.39, 0.29) is 30.6 Å². The first-order valence-corrected chi connectivity index (χ1v) is 8.00. The van der Waals surface area contributed by atoms with Gasteiger partial charge >= 0.3 is 12.1 Å². The molecule has 0 heterocycles. The van der Waals surface area contributed by atoms with Crippen LogP contribution in [0.3, 0.4) is 0 Å². The number of halogens is 3. The van der Waals surface area contributed by atoms with Crippen molar-refractivity contribution in [3.63, 3.8) is 0 Å². The van der Waals surface area contributed by atoms with Crippen LogP contribution in [0.25, 0.3) is 0 Å². The van der Waals surface area contributed by atoms with E-state index in [2.05, 4.69) is 5.32 Å². The molecular weight excluding hydrogens is 339 g/mol. The molecule has 2 rings (SSSR count). The Kier molecular flexibility index (Phi) is 5.92. The van der Waals surface area contributed by atoms with Gasteiger partial charge in [-0.25, -0.2) is 0 Å². The van der Waals surface area contributed by atoms with Crippen molar-refractivity contribution in [3.05, 3.63) is 29.8 Å². The molecule has 0 bridgehead atoms. The van der Waals surface area contributed by atoms with Gasteiger partial charge in [0.05, 0.1) is 17.5 Å². The maximum atomic E-state index is 12.9. The molecule has 25 heavy (non-hydrogen) atoms. The van der Waals surface area contributed by atoms with Crippen LogP contribution in [-0.2, 0) is 15.8 Å². The molecule has 2 N–H and O–H groups in total. The predicted molar refractivity (Wildman–Crippen MR) is 83.0 cm³/mol. The fraction of sp³-hybridized carbons (Fsp3) is 0.529. The Morgan fingerprint density at radius 1 is 1.28 bits per heavy atom. The summed E-state index contributed by atoms with van der Waals surface area (Å²) < 4.78 is 43.9. The zero-order valence-corrected chi connectivity index (χ0v) is 13.7. The van der Waals surface area contributed by atoms with Gasteiger partial charge in [-0.3, -0.25) is 9.59 Å². The Balaban J connectivity index is 1.86. The Hall–Kier alpha value is -2.25. The predicted octanol–water partition coefficient (Wildman–Crippen LogP) is 3.09. The molecule has 1 aliphatic rings. The Morgan fingerprint density at radius 3 is 2.52 bits per heavy atom. The summed E-state index contributed by atoms with van der Waals surface area (Å²) in [4.78, 5) is 23.0. The number of carbonyl (C=O) groups excluding carboxylic acids is 1. The molecule has 1 unspecified atom stereocenters. The highest BCUT2D eigenvalue weighted by Crippen LogP contribution is 2.36. The third-order valence-electron chi connectivity index (χ3n) is 4.22. The SMILES string of the molecule is CC(COc1ccccc1C(F)(F)F)NC(=O)[C@@H]1CC[C@H](C(=O)O)C1. The van der Waals surface area contributed by atoms with E-state index in [0.29, 0.717) is 12.8 Å². The summed E-state index contributed by atoms with van der Waals surface area (Å²) in [6.45, 7) is 1.51. The molecule has 0 aliphatic heterocycles. The third kappa shape index (κ3) is 5.11. The molecular formula is C17H20F3NO4. The van der Waals surface area contributed by atoms with Crippen LogP contribution < -0.4 is 10.1 Å². The van der Waals surface area contributed by atoms with Crippen LogP contribution in [0.1, 0.15) is 31.7 Å². The van der Waals surface area contributed by atoms with Gasteiger partial charge in [-0.15, -0.1) is 0 Å². The summed E-state index contributed by atoms with van der Waals surface area (Å²) in [5, 5.41) is 11.6. The molecule has 1 fully saturated rings. The molecule has 5 nitrogen and oxygen atoms in total. The molecule has 0 saturated heterocycles. The zero-order chi connectivity index (χ0) is 18.6. The quantitative estimate of drug-likeness (QED) is 0.818. The maximum absolute atomic E-state index is 12.9. The van der Waals surface area contributed by atoms with E-state index < -0.39 is 29.7 Å². The standard InChI is InChI=1S/C17H20F3NO4/c1-10(21-15(22)11-6-7-12(8-11)16(23)24)9-25-14-5-3-2-4-13(14)17(18,19)20/h2-5,10-12H,6-9H2,1H3,(H,21,22)(H,23,24)/t10?,11-,12+/m1/s1. The first-order valence-electron chi connectivity index (χ1n) is 8.00. The lowest BCUT2D eigenvalue weighted by Crippen LogP contribution is -2.40. The summed E-state index contributed by atoms with van der Waals surface area (Å²) in [6, 6.07) is 4.38. The highest BCUT2D eigenvalue weighted by Gasteiger charge is 2.35. The second-order valence-corrected chi connectivity index (χ2v) is 6.26. The first-order chi connectivity index (χ1) is 11.7. The summed E-state index contributed by atoms with van der Waals surface area (Å²) in [6.07, 6.45) is -3.28. The van der Waals surface area contributed by atoms with Crippen molar-refractivity contribution in [2.75, 3.05) is 6.61 Å². The van der Waals surface area contributed by atoms with Crippen molar-refractivity contribution in [2.24, 2.45) is 11.8 Å². The number of hydrogen-bond donors (Lipinski definition) is 2. The molecule has 1 aliphatic carbocycles. The van der Waals surface area contributed by atoms with E-state index in [9.17, 15) is 22.8 Å². The van der Waals surface area contributed by atoms with Crippen molar-refractivity contribution < 1.29 is 32.6 Å². The van der Waals surface area contributed by atoms with Crippen LogP contribution in [0.5, 0.6) is 5.75 Å². The van der Waals surface area contributed by atoms with Crippen molar-refractivity contribution in [3.8, 4) is 5.75 Å². The van der Waals surface area contributed by atoms with Crippen LogP contribution in [0.15, 0.2) is 24.3 Å². The minimum atomic E-state index is -4.52. The number of benzene rings is 1. The third-order valence-corrected chi connectivity index (χ3v) is 4.22. The van der Waals surface area contributed by atoms with Gasteiger partial charge in [0.1, 0.15) is 12.4 Å². The van der Waals surface area contributed by atoms with E-state index in [1.54, 1.807) is 6.92 Å². The fourth-order valence-corrected chi connectivity index (χ4v) is 2.89. The van der Waals surface area contributed by atoms with E-state index in [1.807, 2.05) is 0 Å². The second kappa shape index (κ2) is 7.76. The molecule has 1 aromatic carbocycles. The molecule has 0 spiro atoms. The summed E-state index contributed by atoms with van der Waals surface area (Å²) in [5.41, 5.74) is -0.867. The van der Waals surface area contributed by atoms with Crippen LogP contribution in [0.2, 0.25) is 0 Å². The molecule has 138 valence electrons. The molecule has 0 radical (unpaired) electrons. The number of carboxylic acid groups (broad SMARTS) is 1. The largest absolute Gasteiger partial charge is 0.491 e. The minimum absolute atomic E-state index is 0.117. The number of ether oxygens (including phenoxy) is 1. The van der Waals surface area contributed by atoms with Gasteiger partial charge < -0.3 is 15.2 Å². The smallest absolute Gasteiger partial charge is 0.419 e. The van der Waals surface area contributed by atoms with E-state index in [4.69, 9.17) is 9.84 Å². The van der Waals surface area contributed by atoms with Crippen molar-refractivity contribution >= 4 is 11.9 Å². The van der Waals surface area contributed by atoms with E-state index >= 15 is 0 Å². The Morgan fingerprint density at radius 2 is 1.92 bits per heavy atom. The molecule has 8 heteroatoms. The minimum Gasteiger partial charge on any atom is -0.491 e. The highest BCUT2D eigenvalue weighted by molar-refractivity contribution is 5.81. The average molecular weight is 359 g/mol. The Labute approximate surface area is 143 Å². The van der Waals surface area contributed by atoms with Gasteiger partial charge in [-0.2, -0.15) is 13.2 Å². The van der Waals surface area contributed by atoms with Gasteiger partial charge in [0.25, 0.3) is 0 Å². The van der Waals surface area contributed by atoms with Crippen molar-refractivity contribution in [2.45, 2.75) is 38.4 Å². The second-order valence-electron chi connectivity index (χ2n) is 6.26. The number of rotatable bonds is 6. The lowest BCUT2D eigenvalue weighted by Gasteiger charge is -2.19. The number of amides is 1. The van der Waals surface area contributed by atoms with Gasteiger partial charge in [-0.1, -0.05) is 12.1 Å². The number of nitrogens with one attached hydrogen (secondary N) is 1. The lowest BCUT2D eigenvalue weighted by atomic mass is 10.0. The van der Waals surface area contributed by atoms with Crippen molar-refractivity contribution in [1.29, 1.82) is 0 Å². The number of alkyl halides is 3. The summed E-state index contributed by atoms with van der Waals surface area (Å²) in [7, 11) is 0. The number of carboxylic acids is 1. The van der Waals surface area contributed by atoms with Gasteiger partial charge in [-0.05, 0) is 38.3 Å². The number of aliphatic carboxylic acids is 1. The summed E-state index contributed by atoms with van der Waals surface area (Å²) in [5.74, 6) is -2.38. The topological polar surface area (TPSA) is 75.6 Å². The van der Waals surface area contributed by atoms with E-state index in [0.717, 1.165) is 6.07 Å². The number of para-hydroxylation sites is 1. The number of carbonyl (C=O) groups is 2. The van der Waals surface area contributed by atoms with Crippen LogP contribution in [0.4, 0.5) is 13.2 Å². The van der Waals surface area contributed by atoms with Crippen molar-refractivity contribution in [1.82, 2.24) is 5.32 Å². The monoisotopic (exact) mass is 359 g/mol. The lowest BCUT2D eigenvalue weighted by molar-refractivity contribution is -0.142. The number of hydrogen-bond acceptors (Lipinski definition) is 3. The maximum Gasteiger partial charge on any atom is 0.419 e. The zero-order valence-electron chi connectivity index (χ0n) is 13.7. The Bertz CT molecular complexity index is 633. The van der Waals surface area contributed by atoms with Gasteiger partial charge in [0.2, 0.25) is 5.91 Å². The first kappa shape index (κ1) is 19.1. The van der Waals surface area contributed by atoms with Crippen LogP contribution in [0, 0.1) is 11.8 Å². The molecule has 1 saturated carbocycles. The molecule has 0 aromatic heterocycles. The van der Waals surface area contributed by atoms with Gasteiger partial charge in [0.15, 0.2) is 0 Å². The van der Waals surface area contributed by atoms with E-state index in [1.165, 1.54) is 18.2 Å². The normalized spacial score (nSPS) is 21.6. The summed E-state index contributed by atoms with van der Waals surface area (Å²) >= 11 is 0. The fourth-order valence-electron chi connectivity index (χ4n) is 2.89. The highest BCUT2D eigenvalue weighted by atomic mass is 19.4. The molecule has 1 amide bonds.